The summed E-state index contributed by atoms with van der Waals surface area (Å²) < 4.78 is 1.02. The van der Waals surface area contributed by atoms with Gasteiger partial charge in [0.15, 0.2) is 0 Å². The van der Waals surface area contributed by atoms with Gasteiger partial charge in [0, 0.05) is 7.05 Å². The van der Waals surface area contributed by atoms with Crippen molar-refractivity contribution in [2.45, 2.75) is 0 Å². The Balaban J connectivity index is 0.00000162. The normalized spacial score (nSPS) is 10.5. The van der Waals surface area contributed by atoms with E-state index < -0.39 is 5.97 Å². The molecule has 0 bridgehead atoms. The SMILES string of the molecule is CN(CC(=O)[O-])N=Nc1nc2ccccc2s1.[Na+]. The van der Waals surface area contributed by atoms with Gasteiger partial charge in [-0.25, -0.2) is 4.98 Å². The van der Waals surface area contributed by atoms with E-state index in [-0.39, 0.29) is 36.1 Å². The number of nitrogens with zero attached hydrogens (tertiary/aromatic N) is 4. The van der Waals surface area contributed by atoms with Crippen molar-refractivity contribution < 1.29 is 39.5 Å². The molecule has 0 N–H and O–H groups in total. The molecule has 6 nitrogen and oxygen atoms in total. The van der Waals surface area contributed by atoms with Crippen LogP contribution in [-0.2, 0) is 4.79 Å². The molecule has 18 heavy (non-hydrogen) atoms. The summed E-state index contributed by atoms with van der Waals surface area (Å²) >= 11 is 1.40. The second-order valence-electron chi connectivity index (χ2n) is 3.34. The Bertz CT molecular complexity index is 539. The summed E-state index contributed by atoms with van der Waals surface area (Å²) in [4.78, 5) is 14.5. The predicted molar refractivity (Wildman–Crippen MR) is 61.8 cm³/mol. The van der Waals surface area contributed by atoms with E-state index in [0.717, 1.165) is 10.2 Å². The molecule has 0 saturated heterocycles. The van der Waals surface area contributed by atoms with Gasteiger partial charge in [-0.15, -0.1) is 5.11 Å². The second-order valence-corrected chi connectivity index (χ2v) is 4.35. The first-order chi connectivity index (χ1) is 8.15. The quantitative estimate of drug-likeness (QED) is 0.365. The maximum Gasteiger partial charge on any atom is 1.00 e. The number of benzene rings is 1. The van der Waals surface area contributed by atoms with Crippen LogP contribution in [0.15, 0.2) is 34.6 Å². The van der Waals surface area contributed by atoms with Crippen molar-refractivity contribution in [2.24, 2.45) is 10.3 Å². The fourth-order valence-electron chi connectivity index (χ4n) is 1.24. The van der Waals surface area contributed by atoms with E-state index in [2.05, 4.69) is 15.3 Å². The molecule has 1 aromatic heterocycles. The summed E-state index contributed by atoms with van der Waals surface area (Å²) in [6.07, 6.45) is 0. The average Bonchev–Trinajstić information content (AvgIpc) is 2.68. The summed E-state index contributed by atoms with van der Waals surface area (Å²) in [5, 5.41) is 19.6. The molecule has 1 aromatic carbocycles. The Labute approximate surface area is 130 Å². The first-order valence-corrected chi connectivity index (χ1v) is 5.65. The number of carbonyl (C=O) groups is 1. The van der Waals surface area contributed by atoms with Gasteiger partial charge in [0.2, 0.25) is 5.13 Å². The molecule has 2 aromatic rings. The summed E-state index contributed by atoms with van der Waals surface area (Å²) in [6, 6.07) is 7.64. The summed E-state index contributed by atoms with van der Waals surface area (Å²) in [5.74, 6) is -1.20. The van der Waals surface area contributed by atoms with Gasteiger partial charge >= 0.3 is 29.6 Å². The molecule has 0 aliphatic carbocycles. The molecule has 0 unspecified atom stereocenters. The zero-order valence-corrected chi connectivity index (χ0v) is 12.8. The van der Waals surface area contributed by atoms with Crippen LogP contribution < -0.4 is 34.7 Å². The van der Waals surface area contributed by atoms with E-state index >= 15 is 0 Å². The number of aromatic nitrogens is 1. The number of carboxylic acid groups (broad SMARTS) is 1. The Kier molecular flexibility index (Phi) is 5.67. The molecule has 0 radical (unpaired) electrons. The zero-order chi connectivity index (χ0) is 12.3. The van der Waals surface area contributed by atoms with Gasteiger partial charge in [-0.2, -0.15) is 0 Å². The number of thiazole rings is 1. The minimum absolute atomic E-state index is 0. The van der Waals surface area contributed by atoms with Crippen LogP contribution >= 0.6 is 11.3 Å². The standard InChI is InChI=1S/C10H10N4O2S.Na/c1-14(6-9(15)16)13-12-10-11-7-4-2-3-5-8(7)17-10;/h2-5H,6H2,1H3,(H,15,16);/q;+1/p-1. The van der Waals surface area contributed by atoms with Crippen molar-refractivity contribution in [3.05, 3.63) is 24.3 Å². The number of carboxylic acids is 1. The van der Waals surface area contributed by atoms with E-state index in [0.29, 0.717) is 5.13 Å². The van der Waals surface area contributed by atoms with Gasteiger partial charge in [-0.3, -0.25) is 5.01 Å². The Morgan fingerprint density at radius 2 is 2.22 bits per heavy atom. The molecular weight excluding hydrogens is 263 g/mol. The van der Waals surface area contributed by atoms with Crippen molar-refractivity contribution in [3.63, 3.8) is 0 Å². The van der Waals surface area contributed by atoms with Crippen LogP contribution in [0.25, 0.3) is 10.2 Å². The van der Waals surface area contributed by atoms with Gasteiger partial charge in [-0.05, 0) is 12.1 Å². The van der Waals surface area contributed by atoms with Crippen molar-refractivity contribution >= 4 is 32.7 Å². The van der Waals surface area contributed by atoms with Gasteiger partial charge in [0.25, 0.3) is 0 Å². The second kappa shape index (κ2) is 6.79. The van der Waals surface area contributed by atoms with Crippen molar-refractivity contribution in [3.8, 4) is 0 Å². The Hall–Kier alpha value is -1.02. The molecule has 1 heterocycles. The fourth-order valence-corrected chi connectivity index (χ4v) is 2.02. The number of hydrogen-bond donors (Lipinski definition) is 0. The monoisotopic (exact) mass is 272 g/mol. The van der Waals surface area contributed by atoms with Crippen molar-refractivity contribution in [1.29, 1.82) is 0 Å². The average molecular weight is 272 g/mol. The molecule has 0 atom stereocenters. The predicted octanol–water partition coefficient (Wildman–Crippen LogP) is -2.02. The van der Waals surface area contributed by atoms with Crippen LogP contribution in [0.3, 0.4) is 0 Å². The van der Waals surface area contributed by atoms with E-state index in [9.17, 15) is 9.90 Å². The molecule has 88 valence electrons. The van der Waals surface area contributed by atoms with Gasteiger partial charge in [0.1, 0.15) is 0 Å². The van der Waals surface area contributed by atoms with Crippen LogP contribution in [-0.4, -0.2) is 29.6 Å². The minimum atomic E-state index is -1.20. The third kappa shape index (κ3) is 4.02. The number of fused-ring (bicyclic) bond motifs is 1. The molecule has 2 rings (SSSR count). The molecule has 0 aliphatic heterocycles. The number of hydrogen-bond acceptors (Lipinski definition) is 6. The molecule has 0 fully saturated rings. The third-order valence-electron chi connectivity index (χ3n) is 1.92. The van der Waals surface area contributed by atoms with Crippen LogP contribution in [0, 0.1) is 0 Å². The van der Waals surface area contributed by atoms with E-state index in [1.54, 1.807) is 0 Å². The molecule has 8 heteroatoms. The number of carbonyl (C=O) groups excluding carboxylic acids is 1. The van der Waals surface area contributed by atoms with Crippen molar-refractivity contribution in [2.75, 3.05) is 13.6 Å². The maximum atomic E-state index is 10.3. The van der Waals surface area contributed by atoms with E-state index in [4.69, 9.17) is 0 Å². The maximum absolute atomic E-state index is 10.3. The Morgan fingerprint density at radius 1 is 1.50 bits per heavy atom. The summed E-state index contributed by atoms with van der Waals surface area (Å²) in [5.41, 5.74) is 0.856. The van der Waals surface area contributed by atoms with Gasteiger partial charge in [-0.1, -0.05) is 28.7 Å². The molecule has 0 spiro atoms. The minimum Gasteiger partial charge on any atom is -0.548 e. The van der Waals surface area contributed by atoms with Crippen molar-refractivity contribution in [1.82, 2.24) is 9.99 Å². The van der Waals surface area contributed by atoms with Crippen LogP contribution in [0.5, 0.6) is 0 Å². The molecule has 0 aliphatic rings. The van der Waals surface area contributed by atoms with Gasteiger partial charge in [0.05, 0.1) is 22.7 Å². The smallest absolute Gasteiger partial charge is 0.548 e. The number of rotatable bonds is 4. The third-order valence-corrected chi connectivity index (χ3v) is 2.84. The summed E-state index contributed by atoms with van der Waals surface area (Å²) in [6.45, 7) is -0.297. The fraction of sp³-hybridized carbons (Fsp3) is 0.200. The topological polar surface area (TPSA) is 81.0 Å². The summed E-state index contributed by atoms with van der Waals surface area (Å²) in [7, 11) is 1.51. The van der Waals surface area contributed by atoms with Crippen LogP contribution in [0.4, 0.5) is 5.13 Å². The van der Waals surface area contributed by atoms with E-state index in [1.807, 2.05) is 24.3 Å². The Morgan fingerprint density at radius 3 is 2.89 bits per heavy atom. The largest absolute Gasteiger partial charge is 1.00 e. The molecule has 0 amide bonds. The number of likely N-dealkylation sites (N-methyl/N-ethyl adjacent to an activating group) is 1. The first kappa shape index (κ1) is 15.0. The van der Waals surface area contributed by atoms with Crippen LogP contribution in [0.1, 0.15) is 0 Å². The number of para-hydroxylation sites is 1. The first-order valence-electron chi connectivity index (χ1n) is 4.83. The van der Waals surface area contributed by atoms with Crippen LogP contribution in [0.2, 0.25) is 0 Å². The zero-order valence-electron chi connectivity index (χ0n) is 10.0. The molecule has 0 saturated carbocycles. The van der Waals surface area contributed by atoms with E-state index in [1.165, 1.54) is 23.4 Å². The van der Waals surface area contributed by atoms with Gasteiger partial charge < -0.3 is 9.90 Å². The molecular formula is C10H9N4NaO2S. The number of aliphatic carboxylic acids is 1.